The van der Waals surface area contributed by atoms with Crippen LogP contribution in [0.2, 0.25) is 0 Å². The van der Waals surface area contributed by atoms with E-state index in [1.54, 1.807) is 13.0 Å². The topological polar surface area (TPSA) is 87.1 Å². The number of carboxylic acids is 1. The van der Waals surface area contributed by atoms with Crippen LogP contribution in [0.5, 0.6) is 5.75 Å². The van der Waals surface area contributed by atoms with Crippen LogP contribution < -0.4 is 4.74 Å². The molecule has 1 saturated heterocycles. The highest BCUT2D eigenvalue weighted by Gasteiger charge is 2.51. The lowest BCUT2D eigenvalue weighted by Gasteiger charge is -2.56. The second kappa shape index (κ2) is 7.94. The molecular formula is C27H34FNO5. The summed E-state index contributed by atoms with van der Waals surface area (Å²) >= 11 is 0. The Labute approximate surface area is 199 Å². The number of carbonyl (C=O) groups is 2. The summed E-state index contributed by atoms with van der Waals surface area (Å²) in [6.45, 7) is 2.10. The van der Waals surface area contributed by atoms with Gasteiger partial charge in [-0.25, -0.2) is 9.18 Å². The van der Waals surface area contributed by atoms with Gasteiger partial charge in [-0.3, -0.25) is 4.79 Å². The van der Waals surface area contributed by atoms with Gasteiger partial charge in [0.1, 0.15) is 17.6 Å². The van der Waals surface area contributed by atoms with Crippen LogP contribution >= 0.6 is 0 Å². The third-order valence-corrected chi connectivity index (χ3v) is 9.38. The Bertz CT molecular complexity index is 985. The maximum atomic E-state index is 15.3. The first-order valence-corrected chi connectivity index (χ1v) is 12.9. The van der Waals surface area contributed by atoms with E-state index in [1.807, 2.05) is 0 Å². The average molecular weight is 472 g/mol. The fraction of sp³-hybridized carbons (Fsp3) is 0.704. The third kappa shape index (κ3) is 3.71. The summed E-state index contributed by atoms with van der Waals surface area (Å²) in [7, 11) is 0. The zero-order valence-electron chi connectivity index (χ0n) is 19.7. The van der Waals surface area contributed by atoms with E-state index < -0.39 is 35.8 Å². The first-order valence-electron chi connectivity index (χ1n) is 12.9. The van der Waals surface area contributed by atoms with Crippen LogP contribution in [-0.2, 0) is 4.79 Å². The summed E-state index contributed by atoms with van der Waals surface area (Å²) in [5, 5.41) is 19.8. The van der Waals surface area contributed by atoms with Gasteiger partial charge in [0, 0.05) is 23.9 Å². The van der Waals surface area contributed by atoms with E-state index in [1.165, 1.54) is 44.6 Å². The van der Waals surface area contributed by atoms with E-state index in [9.17, 15) is 19.8 Å². The van der Waals surface area contributed by atoms with Crippen LogP contribution in [0, 0.1) is 34.9 Å². The van der Waals surface area contributed by atoms with Crippen molar-refractivity contribution in [2.75, 3.05) is 13.2 Å². The zero-order valence-corrected chi connectivity index (χ0v) is 19.7. The number of halogens is 1. The first-order chi connectivity index (χ1) is 16.2. The lowest BCUT2D eigenvalue weighted by Crippen LogP contribution is -2.48. The van der Waals surface area contributed by atoms with E-state index in [4.69, 9.17) is 4.74 Å². The van der Waals surface area contributed by atoms with Crippen LogP contribution in [0.25, 0.3) is 0 Å². The normalized spacial score (nSPS) is 38.4. The molecule has 5 aliphatic carbocycles. The lowest BCUT2D eigenvalue weighted by atomic mass is 9.50. The number of aliphatic hydroxyl groups is 1. The molecule has 7 heteroatoms. The molecule has 1 aromatic carbocycles. The van der Waals surface area contributed by atoms with Crippen LogP contribution in [0.1, 0.15) is 80.1 Å². The fourth-order valence-electron chi connectivity index (χ4n) is 7.97. The molecule has 1 amide bonds. The molecule has 0 aromatic heterocycles. The molecule has 5 saturated carbocycles. The highest BCUT2D eigenvalue weighted by atomic mass is 19.1. The summed E-state index contributed by atoms with van der Waals surface area (Å²) < 4.78 is 21.6. The van der Waals surface area contributed by atoms with Crippen LogP contribution in [0.3, 0.4) is 0 Å². The lowest BCUT2D eigenvalue weighted by molar-refractivity contribution is -0.142. The Morgan fingerprint density at radius 3 is 2.29 bits per heavy atom. The maximum Gasteiger partial charge on any atom is 0.326 e. The predicted octanol–water partition coefficient (Wildman–Crippen LogP) is 4.20. The summed E-state index contributed by atoms with van der Waals surface area (Å²) in [5.74, 6) is 0.0652. The molecule has 1 aromatic rings. The number of carbonyl (C=O) groups excluding carboxylic acids is 1. The largest absolute Gasteiger partial charge is 0.493 e. The summed E-state index contributed by atoms with van der Waals surface area (Å²) in [4.78, 5) is 26.1. The van der Waals surface area contributed by atoms with Gasteiger partial charge in [-0.15, -0.1) is 0 Å². The molecule has 34 heavy (non-hydrogen) atoms. The Kier molecular flexibility index (Phi) is 5.21. The van der Waals surface area contributed by atoms with Crippen molar-refractivity contribution >= 4 is 11.9 Å². The van der Waals surface area contributed by atoms with E-state index in [0.717, 1.165) is 41.1 Å². The van der Waals surface area contributed by atoms with Crippen molar-refractivity contribution in [3.05, 3.63) is 29.1 Å². The van der Waals surface area contributed by atoms with Crippen LogP contribution in [0.15, 0.2) is 12.1 Å². The average Bonchev–Trinajstić information content (AvgIpc) is 3.56. The molecule has 6 aliphatic rings. The van der Waals surface area contributed by atoms with Crippen molar-refractivity contribution < 1.29 is 28.9 Å². The number of aliphatic carboxylic acids is 1. The molecule has 6 nitrogen and oxygen atoms in total. The number of rotatable bonds is 6. The first kappa shape index (κ1) is 22.3. The van der Waals surface area contributed by atoms with E-state index in [2.05, 4.69) is 0 Å². The molecule has 1 heterocycles. The van der Waals surface area contributed by atoms with E-state index in [0.29, 0.717) is 12.4 Å². The Morgan fingerprint density at radius 1 is 1.12 bits per heavy atom. The minimum Gasteiger partial charge on any atom is -0.493 e. The molecule has 3 atom stereocenters. The molecular weight excluding hydrogens is 437 g/mol. The Balaban J connectivity index is 1.25. The molecule has 2 unspecified atom stereocenters. The highest BCUT2D eigenvalue weighted by Crippen LogP contribution is 2.60. The molecule has 0 radical (unpaired) electrons. The SMILES string of the molecule is CC1C(C(=O)O)N(C(=O)c2cc(C3CC3)c(OCC34CC5CC(CC(C5)C3)C4)cc2F)C[C@H]1O. The minimum absolute atomic E-state index is 0.112. The third-order valence-electron chi connectivity index (χ3n) is 9.38. The molecule has 7 rings (SSSR count). The van der Waals surface area contributed by atoms with Crippen LogP contribution in [-0.4, -0.2) is 52.3 Å². The number of hydrogen-bond donors (Lipinski definition) is 2. The highest BCUT2D eigenvalue weighted by molar-refractivity contribution is 5.97. The quantitative estimate of drug-likeness (QED) is 0.649. The number of ether oxygens (including phenoxy) is 1. The number of aliphatic hydroxyl groups excluding tert-OH is 1. The Morgan fingerprint density at radius 2 is 1.74 bits per heavy atom. The summed E-state index contributed by atoms with van der Waals surface area (Å²) in [6, 6.07) is 1.75. The standard InChI is InChI=1S/C27H34FNO5/c1-14-22(30)12-29(24(14)26(32)33)25(31)20-7-19(18-2-3-18)23(8-21(20)28)34-13-27-9-15-4-16(10-27)6-17(5-15)11-27/h7-8,14-18,22,24,30H,2-6,9-13H2,1H3,(H,32,33)/t14?,15?,16?,17?,22-,24?,27?/m1/s1. The van der Waals surface area contributed by atoms with Crippen molar-refractivity contribution in [3.63, 3.8) is 0 Å². The van der Waals surface area contributed by atoms with Gasteiger partial charge in [-0.1, -0.05) is 6.92 Å². The number of β-amino-alcohol motifs (C(OH)–C–C–N with tert-alkyl or cyclic N) is 1. The molecule has 6 fully saturated rings. The molecule has 0 spiro atoms. The molecule has 2 N–H and O–H groups in total. The molecule has 4 bridgehead atoms. The van der Waals surface area contributed by atoms with E-state index in [-0.39, 0.29) is 23.4 Å². The maximum absolute atomic E-state index is 15.3. The van der Waals surface area contributed by atoms with Gasteiger partial charge in [-0.05, 0) is 86.7 Å². The van der Waals surface area contributed by atoms with E-state index >= 15 is 4.39 Å². The number of benzene rings is 1. The zero-order chi connectivity index (χ0) is 23.8. The number of likely N-dealkylation sites (tertiary alicyclic amines) is 1. The van der Waals surface area contributed by atoms with Crippen molar-refractivity contribution in [1.82, 2.24) is 4.90 Å². The number of hydrogen-bond acceptors (Lipinski definition) is 4. The monoisotopic (exact) mass is 471 g/mol. The van der Waals surface area contributed by atoms with Gasteiger partial charge in [0.2, 0.25) is 0 Å². The number of carboxylic acid groups (broad SMARTS) is 1. The van der Waals surface area contributed by atoms with Crippen molar-refractivity contribution in [3.8, 4) is 5.75 Å². The second-order valence-corrected chi connectivity index (χ2v) is 12.0. The second-order valence-electron chi connectivity index (χ2n) is 12.0. The fourth-order valence-corrected chi connectivity index (χ4v) is 7.97. The minimum atomic E-state index is -1.18. The summed E-state index contributed by atoms with van der Waals surface area (Å²) in [6.07, 6.45) is 8.72. The van der Waals surface area contributed by atoms with Gasteiger partial charge in [0.25, 0.3) is 5.91 Å². The Hall–Kier alpha value is -2.15. The van der Waals surface area contributed by atoms with Crippen molar-refractivity contribution in [2.45, 2.75) is 76.4 Å². The number of amides is 1. The van der Waals surface area contributed by atoms with Gasteiger partial charge < -0.3 is 19.8 Å². The summed E-state index contributed by atoms with van der Waals surface area (Å²) in [5.41, 5.74) is 0.933. The molecule has 1 aliphatic heterocycles. The van der Waals surface area contributed by atoms with Gasteiger partial charge in [0.05, 0.1) is 18.3 Å². The predicted molar refractivity (Wildman–Crippen MR) is 122 cm³/mol. The van der Waals surface area contributed by atoms with Crippen LogP contribution in [0.4, 0.5) is 4.39 Å². The smallest absolute Gasteiger partial charge is 0.326 e. The van der Waals surface area contributed by atoms with Gasteiger partial charge in [0.15, 0.2) is 0 Å². The van der Waals surface area contributed by atoms with Crippen molar-refractivity contribution in [2.24, 2.45) is 29.1 Å². The number of nitrogens with zero attached hydrogens (tertiary/aromatic N) is 1. The molecule has 184 valence electrons. The van der Waals surface area contributed by atoms with Crippen molar-refractivity contribution in [1.29, 1.82) is 0 Å². The van der Waals surface area contributed by atoms with Gasteiger partial charge >= 0.3 is 5.97 Å². The van der Waals surface area contributed by atoms with Gasteiger partial charge in [-0.2, -0.15) is 0 Å².